The third-order valence-corrected chi connectivity index (χ3v) is 4.53. The molecule has 0 aromatic carbocycles. The molecule has 0 aliphatic heterocycles. The lowest BCUT2D eigenvalue weighted by atomic mass is 9.55. The molecule has 0 unspecified atom stereocenters. The highest BCUT2D eigenvalue weighted by Crippen LogP contribution is 2.52. The third kappa shape index (κ3) is 2.65. The van der Waals surface area contributed by atoms with Crippen LogP contribution in [0.3, 0.4) is 0 Å². The van der Waals surface area contributed by atoms with Crippen molar-refractivity contribution in [3.8, 4) is 0 Å². The highest BCUT2D eigenvalue weighted by molar-refractivity contribution is 7.80. The molecule has 0 saturated carbocycles. The third-order valence-electron chi connectivity index (χ3n) is 4.30. The van der Waals surface area contributed by atoms with Gasteiger partial charge in [0.25, 0.3) is 0 Å². The van der Waals surface area contributed by atoms with Crippen LogP contribution >= 0.6 is 12.6 Å². The standard InChI is InChI=1S/C12H26S/c1-10(2,3)12(6,7)11(4,5)8-9-13/h13H,8-9H2,1-7H3. The lowest BCUT2D eigenvalue weighted by Gasteiger charge is -2.51. The summed E-state index contributed by atoms with van der Waals surface area (Å²) in [5.74, 6) is 0.979. The van der Waals surface area contributed by atoms with Crippen molar-refractivity contribution >= 4 is 12.6 Å². The number of rotatable bonds is 3. The van der Waals surface area contributed by atoms with E-state index >= 15 is 0 Å². The van der Waals surface area contributed by atoms with Crippen LogP contribution in [0.1, 0.15) is 54.9 Å². The van der Waals surface area contributed by atoms with Gasteiger partial charge in [-0.15, -0.1) is 0 Å². The minimum Gasteiger partial charge on any atom is -0.179 e. The Morgan fingerprint density at radius 3 is 1.46 bits per heavy atom. The van der Waals surface area contributed by atoms with E-state index in [0.29, 0.717) is 16.2 Å². The molecule has 0 amide bonds. The SMILES string of the molecule is CC(C)(C)C(C)(C)C(C)(C)CCS. The zero-order valence-electron chi connectivity index (χ0n) is 10.4. The minimum absolute atomic E-state index is 0.336. The Labute approximate surface area is 89.9 Å². The second-order valence-electron chi connectivity index (χ2n) is 6.23. The van der Waals surface area contributed by atoms with Crippen LogP contribution in [0.4, 0.5) is 0 Å². The summed E-state index contributed by atoms with van der Waals surface area (Å²) in [5.41, 5.74) is 1.04. The van der Waals surface area contributed by atoms with Crippen LogP contribution in [-0.2, 0) is 0 Å². The molecule has 0 rings (SSSR count). The summed E-state index contributed by atoms with van der Waals surface area (Å²) in [6.45, 7) is 16.4. The van der Waals surface area contributed by atoms with Crippen molar-refractivity contribution in [1.29, 1.82) is 0 Å². The van der Waals surface area contributed by atoms with Crippen LogP contribution < -0.4 is 0 Å². The van der Waals surface area contributed by atoms with Crippen LogP contribution in [0.2, 0.25) is 0 Å². The van der Waals surface area contributed by atoms with Gasteiger partial charge in [0.1, 0.15) is 0 Å². The Bertz CT molecular complexity index is 160. The van der Waals surface area contributed by atoms with Crippen molar-refractivity contribution in [2.24, 2.45) is 16.2 Å². The lowest BCUT2D eigenvalue weighted by Crippen LogP contribution is -2.43. The summed E-state index contributed by atoms with van der Waals surface area (Å²) in [4.78, 5) is 0. The van der Waals surface area contributed by atoms with Crippen LogP contribution in [0.25, 0.3) is 0 Å². The van der Waals surface area contributed by atoms with Crippen LogP contribution in [0, 0.1) is 16.2 Å². The zero-order valence-corrected chi connectivity index (χ0v) is 11.3. The highest BCUT2D eigenvalue weighted by Gasteiger charge is 2.44. The summed E-state index contributed by atoms with van der Waals surface area (Å²) >= 11 is 4.34. The molecule has 80 valence electrons. The average Bonchev–Trinajstić information content (AvgIpc) is 1.84. The summed E-state index contributed by atoms with van der Waals surface area (Å²) < 4.78 is 0. The molecule has 0 aromatic rings. The van der Waals surface area contributed by atoms with Gasteiger partial charge in [-0.25, -0.2) is 0 Å². The number of thiol groups is 1. The van der Waals surface area contributed by atoms with Crippen LogP contribution in [0.5, 0.6) is 0 Å². The molecule has 0 atom stereocenters. The Hall–Kier alpha value is 0.350. The van der Waals surface area contributed by atoms with E-state index in [-0.39, 0.29) is 0 Å². The maximum atomic E-state index is 4.34. The molecule has 0 heterocycles. The molecule has 0 aromatic heterocycles. The Kier molecular flexibility index (Phi) is 3.95. The van der Waals surface area contributed by atoms with Crippen LogP contribution in [-0.4, -0.2) is 5.75 Å². The summed E-state index contributed by atoms with van der Waals surface area (Å²) in [7, 11) is 0. The van der Waals surface area contributed by atoms with E-state index in [9.17, 15) is 0 Å². The first-order valence-electron chi connectivity index (χ1n) is 5.17. The van der Waals surface area contributed by atoms with E-state index in [2.05, 4.69) is 61.1 Å². The van der Waals surface area contributed by atoms with E-state index in [1.54, 1.807) is 0 Å². The summed E-state index contributed by atoms with van der Waals surface area (Å²) in [5, 5.41) is 0. The van der Waals surface area contributed by atoms with Gasteiger partial charge in [-0.2, -0.15) is 12.6 Å². The maximum Gasteiger partial charge on any atom is -0.00926 e. The molecule has 0 aliphatic rings. The molecule has 0 fully saturated rings. The largest absolute Gasteiger partial charge is 0.179 e. The van der Waals surface area contributed by atoms with Gasteiger partial charge >= 0.3 is 0 Å². The summed E-state index contributed by atoms with van der Waals surface area (Å²) in [6.07, 6.45) is 1.18. The predicted molar refractivity (Wildman–Crippen MR) is 65.5 cm³/mol. The van der Waals surface area contributed by atoms with Gasteiger partial charge in [0.15, 0.2) is 0 Å². The van der Waals surface area contributed by atoms with Gasteiger partial charge in [-0.1, -0.05) is 48.5 Å². The molecule has 0 aliphatic carbocycles. The molecule has 1 heteroatoms. The Balaban J connectivity index is 4.81. The van der Waals surface area contributed by atoms with Crippen molar-refractivity contribution < 1.29 is 0 Å². The maximum absolute atomic E-state index is 4.34. The van der Waals surface area contributed by atoms with Crippen LogP contribution in [0.15, 0.2) is 0 Å². The van der Waals surface area contributed by atoms with E-state index < -0.39 is 0 Å². The fourth-order valence-electron chi connectivity index (χ4n) is 1.61. The Morgan fingerprint density at radius 1 is 0.846 bits per heavy atom. The van der Waals surface area contributed by atoms with E-state index in [0.717, 1.165) is 5.75 Å². The minimum atomic E-state index is 0.336. The van der Waals surface area contributed by atoms with Crippen molar-refractivity contribution in [2.45, 2.75) is 54.9 Å². The van der Waals surface area contributed by atoms with Gasteiger partial charge in [-0.3, -0.25) is 0 Å². The van der Waals surface area contributed by atoms with E-state index in [1.807, 2.05) is 0 Å². The lowest BCUT2D eigenvalue weighted by molar-refractivity contribution is -0.00907. The normalized spacial score (nSPS) is 14.8. The monoisotopic (exact) mass is 202 g/mol. The molecule has 0 radical (unpaired) electrons. The number of hydrogen-bond acceptors (Lipinski definition) is 1. The summed E-state index contributed by atoms with van der Waals surface area (Å²) in [6, 6.07) is 0. The molecule has 0 nitrogen and oxygen atoms in total. The smallest absolute Gasteiger partial charge is 0.00926 e. The fraction of sp³-hybridized carbons (Fsp3) is 1.00. The second-order valence-corrected chi connectivity index (χ2v) is 6.68. The first kappa shape index (κ1) is 13.4. The topological polar surface area (TPSA) is 0 Å². The van der Waals surface area contributed by atoms with Crippen molar-refractivity contribution in [1.82, 2.24) is 0 Å². The van der Waals surface area contributed by atoms with E-state index in [4.69, 9.17) is 0 Å². The van der Waals surface area contributed by atoms with Gasteiger partial charge in [0, 0.05) is 0 Å². The molecule has 0 saturated heterocycles. The van der Waals surface area contributed by atoms with Crippen molar-refractivity contribution in [3.05, 3.63) is 0 Å². The molecule has 0 N–H and O–H groups in total. The predicted octanol–water partition coefficient (Wildman–Crippen LogP) is 4.40. The van der Waals surface area contributed by atoms with Gasteiger partial charge in [-0.05, 0) is 28.4 Å². The first-order chi connectivity index (χ1) is 5.56. The molecular weight excluding hydrogens is 176 g/mol. The van der Waals surface area contributed by atoms with Gasteiger partial charge < -0.3 is 0 Å². The second kappa shape index (κ2) is 3.84. The molecule has 0 bridgehead atoms. The first-order valence-corrected chi connectivity index (χ1v) is 5.80. The van der Waals surface area contributed by atoms with Crippen molar-refractivity contribution in [3.63, 3.8) is 0 Å². The van der Waals surface area contributed by atoms with Gasteiger partial charge in [0.2, 0.25) is 0 Å². The van der Waals surface area contributed by atoms with Crippen molar-refractivity contribution in [2.75, 3.05) is 5.75 Å². The fourth-order valence-corrected chi connectivity index (χ4v) is 2.17. The molecule has 13 heavy (non-hydrogen) atoms. The quantitative estimate of drug-likeness (QED) is 0.644. The Morgan fingerprint density at radius 2 is 1.23 bits per heavy atom. The molecule has 0 spiro atoms. The zero-order chi connectivity index (χ0) is 10.9. The van der Waals surface area contributed by atoms with E-state index in [1.165, 1.54) is 6.42 Å². The number of hydrogen-bond donors (Lipinski definition) is 1. The molecular formula is C12H26S. The van der Waals surface area contributed by atoms with Gasteiger partial charge in [0.05, 0.1) is 0 Å². The average molecular weight is 202 g/mol. The highest BCUT2D eigenvalue weighted by atomic mass is 32.1.